The molecule has 1 aromatic carbocycles. The summed E-state index contributed by atoms with van der Waals surface area (Å²) >= 11 is 0. The van der Waals surface area contributed by atoms with E-state index in [1.54, 1.807) is 0 Å². The molecule has 1 saturated heterocycles. The Kier molecular flexibility index (Phi) is 7.68. The van der Waals surface area contributed by atoms with E-state index in [2.05, 4.69) is 18.4 Å². The molecule has 1 aliphatic heterocycles. The van der Waals surface area contributed by atoms with Crippen molar-refractivity contribution in [3.8, 4) is 11.8 Å². The fourth-order valence-corrected chi connectivity index (χ4v) is 6.99. The van der Waals surface area contributed by atoms with Gasteiger partial charge in [-0.15, -0.1) is 6.58 Å². The topological polar surface area (TPSA) is 20.2 Å². The summed E-state index contributed by atoms with van der Waals surface area (Å²) in [5, 5.41) is 10.1. The molecule has 0 radical (unpaired) electrons. The van der Waals surface area contributed by atoms with Crippen LogP contribution in [0.5, 0.6) is 0 Å². The summed E-state index contributed by atoms with van der Waals surface area (Å²) < 4.78 is 26.0. The van der Waals surface area contributed by atoms with Crippen LogP contribution in [0.4, 0.5) is 8.78 Å². The first-order chi connectivity index (χ1) is 11.6. The first kappa shape index (κ1) is 18.9. The van der Waals surface area contributed by atoms with Crippen LogP contribution in [0.1, 0.15) is 37.7 Å². The number of rotatable bonds is 6. The number of aliphatic hydroxyl groups is 1. The van der Waals surface area contributed by atoms with E-state index in [0.717, 1.165) is 18.6 Å². The van der Waals surface area contributed by atoms with Crippen LogP contribution in [0, 0.1) is 29.4 Å². The summed E-state index contributed by atoms with van der Waals surface area (Å²) in [5.41, 5.74) is 0.395. The molecule has 0 spiro atoms. The molecule has 130 valence electrons. The maximum absolute atomic E-state index is 13.1. The average Bonchev–Trinajstić information content (AvgIpc) is 2.58. The van der Waals surface area contributed by atoms with Crippen molar-refractivity contribution in [2.45, 2.75) is 56.3 Å². The summed E-state index contributed by atoms with van der Waals surface area (Å²) in [4.78, 5) is 0. The number of allylic oxidation sites excluding steroid dienone is 1. The minimum atomic E-state index is -0.906. The first-order valence-corrected chi connectivity index (χ1v) is 11.3. The number of hydrogen-bond acceptors (Lipinski definition) is 1. The molecule has 1 heterocycles. The summed E-state index contributed by atoms with van der Waals surface area (Å²) in [6.07, 6.45) is 6.82. The molecule has 1 aromatic rings. The lowest BCUT2D eigenvalue weighted by Crippen LogP contribution is -2.23. The van der Waals surface area contributed by atoms with Crippen LogP contribution < -0.4 is 0 Å². The van der Waals surface area contributed by atoms with Crippen LogP contribution >= 0.6 is 0 Å². The van der Waals surface area contributed by atoms with Gasteiger partial charge in [0.15, 0.2) is 11.6 Å². The molecule has 0 aliphatic carbocycles. The van der Waals surface area contributed by atoms with E-state index in [-0.39, 0.29) is 0 Å². The van der Waals surface area contributed by atoms with Crippen LogP contribution in [0.2, 0.25) is 18.1 Å². The van der Waals surface area contributed by atoms with Crippen molar-refractivity contribution < 1.29 is 13.9 Å². The summed E-state index contributed by atoms with van der Waals surface area (Å²) in [5.74, 6) is 4.26. The summed E-state index contributed by atoms with van der Waals surface area (Å²) in [6.45, 7) is 3.77. The minimum Gasteiger partial charge on any atom is -0.380 e. The molecule has 1 atom stereocenters. The summed E-state index contributed by atoms with van der Waals surface area (Å²) in [6, 6.07) is 7.70. The molecule has 0 bridgehead atoms. The van der Waals surface area contributed by atoms with Crippen LogP contribution in [0.3, 0.4) is 0 Å². The maximum Gasteiger partial charge on any atom is 0.160 e. The van der Waals surface area contributed by atoms with E-state index < -0.39 is 26.5 Å². The zero-order chi connectivity index (χ0) is 17.4. The fourth-order valence-electron chi connectivity index (χ4n) is 3.42. The highest BCUT2D eigenvalue weighted by Crippen LogP contribution is 2.30. The van der Waals surface area contributed by atoms with Crippen molar-refractivity contribution in [1.29, 1.82) is 0 Å². The molecule has 1 aliphatic rings. The predicted octanol–water partition coefficient (Wildman–Crippen LogP) is 4.67. The predicted molar refractivity (Wildman–Crippen MR) is 97.6 cm³/mol. The third-order valence-electron chi connectivity index (χ3n) is 4.85. The van der Waals surface area contributed by atoms with Crippen LogP contribution in [-0.4, -0.2) is 20.0 Å². The molecular formula is C20H26F2OSi. The van der Waals surface area contributed by atoms with E-state index in [1.165, 1.54) is 43.5 Å². The number of unbranched alkanes of at least 4 members (excludes halogenated alkanes) is 1. The number of halogens is 2. The van der Waals surface area contributed by atoms with Gasteiger partial charge in [-0.3, -0.25) is 0 Å². The minimum absolute atomic E-state index is 0.395. The Morgan fingerprint density at radius 2 is 2.04 bits per heavy atom. The van der Waals surface area contributed by atoms with Gasteiger partial charge in [0.1, 0.15) is 6.10 Å². The number of benzene rings is 1. The Morgan fingerprint density at radius 1 is 1.29 bits per heavy atom. The largest absolute Gasteiger partial charge is 0.380 e. The zero-order valence-electron chi connectivity index (χ0n) is 14.1. The maximum atomic E-state index is 13.1. The van der Waals surface area contributed by atoms with E-state index >= 15 is 0 Å². The molecule has 24 heavy (non-hydrogen) atoms. The van der Waals surface area contributed by atoms with Gasteiger partial charge in [0.2, 0.25) is 0 Å². The molecule has 1 N–H and O–H groups in total. The highest BCUT2D eigenvalue weighted by Gasteiger charge is 2.23. The Labute approximate surface area is 145 Å². The summed E-state index contributed by atoms with van der Waals surface area (Å²) in [7, 11) is -0.560. The molecule has 2 rings (SSSR count). The number of hydrogen-bond donors (Lipinski definition) is 1. The third kappa shape index (κ3) is 6.22. The Bertz CT molecular complexity index is 597. The van der Waals surface area contributed by atoms with Gasteiger partial charge < -0.3 is 5.11 Å². The second-order valence-electron chi connectivity index (χ2n) is 6.76. The third-order valence-corrected chi connectivity index (χ3v) is 8.37. The van der Waals surface area contributed by atoms with Crippen molar-refractivity contribution in [3.05, 3.63) is 48.1 Å². The molecular weight excluding hydrogens is 322 g/mol. The van der Waals surface area contributed by atoms with E-state index in [9.17, 15) is 13.9 Å². The van der Waals surface area contributed by atoms with Crippen LogP contribution in [0.15, 0.2) is 30.9 Å². The molecule has 0 aromatic heterocycles. The highest BCUT2D eigenvalue weighted by atomic mass is 28.3. The van der Waals surface area contributed by atoms with Crippen molar-refractivity contribution in [3.63, 3.8) is 0 Å². The van der Waals surface area contributed by atoms with E-state index in [1.807, 2.05) is 6.08 Å². The lowest BCUT2D eigenvalue weighted by atomic mass is 9.95. The fraction of sp³-hybridized carbons (Fsp3) is 0.500. The molecule has 1 unspecified atom stereocenters. The SMILES string of the molecule is C=CCCC[Si@H]1CC[C@H](CC(O)C#Cc2ccc(F)c(F)c2)CC1. The van der Waals surface area contributed by atoms with Gasteiger partial charge in [-0.25, -0.2) is 8.78 Å². The average molecular weight is 349 g/mol. The van der Waals surface area contributed by atoms with Crippen molar-refractivity contribution in [2.24, 2.45) is 5.92 Å². The number of aliphatic hydroxyl groups excluding tert-OH is 1. The Morgan fingerprint density at radius 3 is 2.71 bits per heavy atom. The van der Waals surface area contributed by atoms with Crippen LogP contribution in [-0.2, 0) is 0 Å². The van der Waals surface area contributed by atoms with E-state index in [0.29, 0.717) is 17.9 Å². The van der Waals surface area contributed by atoms with Gasteiger partial charge in [0.25, 0.3) is 0 Å². The molecule has 0 amide bonds. The first-order valence-electron chi connectivity index (χ1n) is 8.84. The molecule has 4 heteroatoms. The van der Waals surface area contributed by atoms with Crippen molar-refractivity contribution in [2.75, 3.05) is 0 Å². The highest BCUT2D eigenvalue weighted by molar-refractivity contribution is 6.58. The smallest absolute Gasteiger partial charge is 0.160 e. The van der Waals surface area contributed by atoms with Gasteiger partial charge in [0, 0.05) is 14.4 Å². The standard InChI is InChI=1S/C20H26F2OSi/c1-2-3-4-11-24-12-9-17(10-13-24)14-18(23)7-5-16-6-8-19(21)20(22)15-16/h2,6,8,15,17-18,23-24H,1,3-4,9-14H2/t17-,18?,24-. The lowest BCUT2D eigenvalue weighted by Gasteiger charge is -2.28. The van der Waals surface area contributed by atoms with Gasteiger partial charge >= 0.3 is 0 Å². The van der Waals surface area contributed by atoms with Gasteiger partial charge in [0.05, 0.1) is 0 Å². The van der Waals surface area contributed by atoms with Gasteiger partial charge in [-0.1, -0.05) is 55.3 Å². The molecule has 1 nitrogen and oxygen atoms in total. The Balaban J connectivity index is 1.75. The Hall–Kier alpha value is -1.44. The van der Waals surface area contributed by atoms with Crippen molar-refractivity contribution in [1.82, 2.24) is 0 Å². The zero-order valence-corrected chi connectivity index (χ0v) is 15.3. The molecule has 0 saturated carbocycles. The normalized spacial score (nSPS) is 21.6. The van der Waals surface area contributed by atoms with Crippen LogP contribution in [0.25, 0.3) is 0 Å². The second-order valence-corrected chi connectivity index (χ2v) is 10.2. The second kappa shape index (κ2) is 9.76. The van der Waals surface area contributed by atoms with E-state index in [4.69, 9.17) is 0 Å². The van der Waals surface area contributed by atoms with Gasteiger partial charge in [-0.05, 0) is 37.0 Å². The lowest BCUT2D eigenvalue weighted by molar-refractivity contribution is 0.190. The monoisotopic (exact) mass is 348 g/mol. The van der Waals surface area contributed by atoms with Gasteiger partial charge in [-0.2, -0.15) is 0 Å². The quantitative estimate of drug-likeness (QED) is 0.343. The van der Waals surface area contributed by atoms with Crippen molar-refractivity contribution >= 4 is 8.80 Å². The molecule has 1 fully saturated rings.